The molecule has 0 aromatic carbocycles. The van der Waals surface area contributed by atoms with E-state index in [0.29, 0.717) is 4.52 Å². The molecule has 0 unspecified atom stereocenters. The van der Waals surface area contributed by atoms with Crippen LogP contribution in [0.25, 0.3) is 5.52 Å². The van der Waals surface area contributed by atoms with Gasteiger partial charge >= 0.3 is 12.1 Å². The molecule has 0 saturated carbocycles. The minimum Gasteiger partial charge on any atom is -0.476 e. The lowest BCUT2D eigenvalue weighted by Crippen LogP contribution is -2.13. The average molecular weight is 484 g/mol. The van der Waals surface area contributed by atoms with Gasteiger partial charge in [0.15, 0.2) is 5.69 Å². The molecular weight excluding hydrogens is 451 g/mol. The highest BCUT2D eigenvalue weighted by Crippen LogP contribution is 2.29. The molecule has 0 radical (unpaired) electrons. The monoisotopic (exact) mass is 483 g/mol. The largest absolute Gasteiger partial charge is 0.476 e. The molecule has 182 valence electrons. The first-order valence-corrected chi connectivity index (χ1v) is 12.2. The Hall–Kier alpha value is -2.39. The molecule has 2 N–H and O–H groups in total. The molecule has 33 heavy (non-hydrogen) atoms. The summed E-state index contributed by atoms with van der Waals surface area (Å²) in [6, 6.07) is 8.80. The normalized spacial score (nSPS) is 11.4. The molecule has 5 nitrogen and oxygen atoms in total. The number of nitrogens with zero attached hydrogens (tertiary/aromatic N) is 2. The summed E-state index contributed by atoms with van der Waals surface area (Å²) in [5, 5.41) is 17.7. The summed E-state index contributed by atoms with van der Waals surface area (Å²) in [6.07, 6.45) is 6.66. The molecule has 0 bridgehead atoms. The number of thiophene rings is 1. The van der Waals surface area contributed by atoms with Crippen molar-refractivity contribution in [1.29, 1.82) is 0 Å². The predicted octanol–water partition coefficient (Wildman–Crippen LogP) is 7.03. The van der Waals surface area contributed by atoms with E-state index in [1.54, 1.807) is 0 Å². The smallest absolute Gasteiger partial charge is 0.433 e. The fourth-order valence-electron chi connectivity index (χ4n) is 3.34. The van der Waals surface area contributed by atoms with E-state index in [0.717, 1.165) is 18.7 Å². The van der Waals surface area contributed by atoms with Crippen LogP contribution in [0.5, 0.6) is 0 Å². The number of pyridine rings is 1. The van der Waals surface area contributed by atoms with E-state index >= 15 is 0 Å². The third-order valence-corrected chi connectivity index (χ3v) is 5.96. The quantitative estimate of drug-likeness (QED) is 0.271. The molecule has 0 spiro atoms. The molecule has 9 heteroatoms. The second-order valence-electron chi connectivity index (χ2n) is 7.81. The van der Waals surface area contributed by atoms with Gasteiger partial charge in [0.25, 0.3) is 0 Å². The zero-order chi connectivity index (χ0) is 24.1. The first-order valence-electron chi connectivity index (χ1n) is 11.3. The summed E-state index contributed by atoms with van der Waals surface area (Å²) in [5.41, 5.74) is -1.33. The first kappa shape index (κ1) is 26.9. The summed E-state index contributed by atoms with van der Waals surface area (Å²) < 4.78 is 38.1. The van der Waals surface area contributed by atoms with Gasteiger partial charge in [0.1, 0.15) is 5.69 Å². The molecule has 3 aromatic rings. The lowest BCUT2D eigenvalue weighted by Gasteiger charge is -2.07. The summed E-state index contributed by atoms with van der Waals surface area (Å²) in [7, 11) is 0. The number of unbranched alkanes of at least 4 members (excludes halogenated alkanes) is 7. The maximum atomic E-state index is 12.5. The van der Waals surface area contributed by atoms with E-state index in [4.69, 9.17) is 5.11 Å². The highest BCUT2D eigenvalue weighted by molar-refractivity contribution is 7.09. The van der Waals surface area contributed by atoms with Crippen molar-refractivity contribution in [3.63, 3.8) is 0 Å². The summed E-state index contributed by atoms with van der Waals surface area (Å²) in [4.78, 5) is 12.0. The molecule has 0 saturated heterocycles. The van der Waals surface area contributed by atoms with E-state index in [9.17, 15) is 18.0 Å². The molecule has 0 atom stereocenters. The number of aromatic carboxylic acids is 1. The molecule has 0 amide bonds. The zero-order valence-electron chi connectivity index (χ0n) is 18.9. The van der Waals surface area contributed by atoms with E-state index in [1.807, 2.05) is 11.3 Å². The van der Waals surface area contributed by atoms with Crippen molar-refractivity contribution in [1.82, 2.24) is 14.9 Å². The van der Waals surface area contributed by atoms with Crippen LogP contribution < -0.4 is 5.32 Å². The maximum absolute atomic E-state index is 12.5. The van der Waals surface area contributed by atoms with Crippen LogP contribution in [0.3, 0.4) is 0 Å². The number of hydrogen-bond donors (Lipinski definition) is 2. The van der Waals surface area contributed by atoms with Gasteiger partial charge in [0.2, 0.25) is 0 Å². The second kappa shape index (κ2) is 14.0. The minimum absolute atomic E-state index is 0.0900. The van der Waals surface area contributed by atoms with E-state index in [2.05, 4.69) is 34.9 Å². The topological polar surface area (TPSA) is 66.6 Å². The van der Waals surface area contributed by atoms with E-state index < -0.39 is 23.5 Å². The average Bonchev–Trinajstić information content (AvgIpc) is 3.44. The van der Waals surface area contributed by atoms with Crippen LogP contribution in [0.1, 0.15) is 79.3 Å². The van der Waals surface area contributed by atoms with Crippen LogP contribution in [0.4, 0.5) is 13.2 Å². The van der Waals surface area contributed by atoms with Crippen molar-refractivity contribution in [2.24, 2.45) is 0 Å². The Morgan fingerprint density at radius 1 is 1.06 bits per heavy atom. The summed E-state index contributed by atoms with van der Waals surface area (Å²) in [5.74, 6) is -1.36. The van der Waals surface area contributed by atoms with Crippen molar-refractivity contribution in [3.05, 3.63) is 58.0 Å². The predicted molar refractivity (Wildman–Crippen MR) is 126 cm³/mol. The van der Waals surface area contributed by atoms with Crippen molar-refractivity contribution in [2.75, 3.05) is 6.54 Å². The van der Waals surface area contributed by atoms with Gasteiger partial charge in [-0.1, -0.05) is 64.0 Å². The summed E-state index contributed by atoms with van der Waals surface area (Å²) >= 11 is 1.84. The second-order valence-corrected chi connectivity index (χ2v) is 8.84. The highest BCUT2D eigenvalue weighted by atomic mass is 32.1. The Labute approximate surface area is 196 Å². The Bertz CT molecular complexity index is 956. The third-order valence-electron chi connectivity index (χ3n) is 5.08. The van der Waals surface area contributed by atoms with Crippen molar-refractivity contribution >= 4 is 22.8 Å². The van der Waals surface area contributed by atoms with E-state index in [1.165, 1.54) is 74.9 Å². The number of rotatable bonds is 12. The van der Waals surface area contributed by atoms with Crippen molar-refractivity contribution in [2.45, 2.75) is 71.0 Å². The van der Waals surface area contributed by atoms with Gasteiger partial charge in [-0.05, 0) is 42.6 Å². The van der Waals surface area contributed by atoms with Crippen LogP contribution in [-0.2, 0) is 12.7 Å². The SMILES string of the molecule is CCCCCCCCCCNCc1cccs1.O=C(O)c1cc2cccc(C(F)(F)F)n2n1. The fraction of sp³-hybridized carbons (Fsp3) is 0.500. The number of carboxylic acids is 1. The Morgan fingerprint density at radius 2 is 1.76 bits per heavy atom. The molecule has 3 heterocycles. The van der Waals surface area contributed by atoms with Crippen molar-refractivity contribution < 1.29 is 23.1 Å². The van der Waals surface area contributed by atoms with Crippen LogP contribution in [0.15, 0.2) is 41.8 Å². The van der Waals surface area contributed by atoms with E-state index in [-0.39, 0.29) is 5.52 Å². The molecule has 3 rings (SSSR count). The van der Waals surface area contributed by atoms with Gasteiger partial charge in [0.05, 0.1) is 5.52 Å². The third kappa shape index (κ3) is 9.55. The van der Waals surface area contributed by atoms with Crippen LogP contribution >= 0.6 is 11.3 Å². The van der Waals surface area contributed by atoms with Crippen molar-refractivity contribution in [3.8, 4) is 0 Å². The van der Waals surface area contributed by atoms with Crippen LogP contribution in [-0.4, -0.2) is 27.2 Å². The van der Waals surface area contributed by atoms with Gasteiger partial charge in [-0.2, -0.15) is 18.3 Å². The molecular formula is C24H32F3N3O2S. The molecule has 0 aliphatic rings. The maximum Gasteiger partial charge on any atom is 0.433 e. The first-order chi connectivity index (χ1) is 15.8. The fourth-order valence-corrected chi connectivity index (χ4v) is 4.02. The molecule has 3 aromatic heterocycles. The van der Waals surface area contributed by atoms with Gasteiger partial charge in [-0.3, -0.25) is 0 Å². The Balaban J connectivity index is 0.000000234. The van der Waals surface area contributed by atoms with Crippen LogP contribution in [0.2, 0.25) is 0 Å². The number of fused-ring (bicyclic) bond motifs is 1. The standard InChI is InChI=1S/C15H27NS.C9H5F3N2O2/c1-2-3-4-5-6-7-8-9-12-16-14-15-11-10-13-17-15;10-9(11,12)7-3-1-2-5-4-6(8(15)16)13-14(5)7/h10-11,13,16H,2-9,12,14H2,1H3;1-4H,(H,15,16). The number of alkyl halides is 3. The lowest BCUT2D eigenvalue weighted by molar-refractivity contribution is -0.142. The number of nitrogens with one attached hydrogen (secondary N) is 1. The van der Waals surface area contributed by atoms with Gasteiger partial charge in [-0.15, -0.1) is 11.3 Å². The molecule has 0 aliphatic heterocycles. The number of carboxylic acid groups (broad SMARTS) is 1. The van der Waals surface area contributed by atoms with Gasteiger partial charge in [0, 0.05) is 11.4 Å². The lowest BCUT2D eigenvalue weighted by atomic mass is 10.1. The Kier molecular flexibility index (Phi) is 11.4. The number of aromatic nitrogens is 2. The number of carbonyl (C=O) groups is 1. The number of halogens is 3. The molecule has 0 fully saturated rings. The summed E-state index contributed by atoms with van der Waals surface area (Å²) in [6.45, 7) is 4.50. The minimum atomic E-state index is -4.57. The zero-order valence-corrected chi connectivity index (χ0v) is 19.7. The number of hydrogen-bond acceptors (Lipinski definition) is 4. The Morgan fingerprint density at radius 3 is 2.36 bits per heavy atom. The van der Waals surface area contributed by atoms with Crippen LogP contribution in [0, 0.1) is 0 Å². The highest BCUT2D eigenvalue weighted by Gasteiger charge is 2.34. The van der Waals surface area contributed by atoms with Gasteiger partial charge < -0.3 is 10.4 Å². The van der Waals surface area contributed by atoms with Gasteiger partial charge in [-0.25, -0.2) is 9.31 Å². The molecule has 0 aliphatic carbocycles.